The van der Waals surface area contributed by atoms with Gasteiger partial charge in [0.25, 0.3) is 11.5 Å². The first-order valence-corrected chi connectivity index (χ1v) is 9.59. The number of aromatic nitrogens is 5. The average molecular weight is 424 g/mol. The first-order valence-electron chi connectivity index (χ1n) is 9.59. The summed E-state index contributed by atoms with van der Waals surface area (Å²) in [4.78, 5) is 29.2. The van der Waals surface area contributed by atoms with Crippen molar-refractivity contribution in [2.75, 3.05) is 0 Å². The number of hydrogen-bond acceptors (Lipinski definition) is 5. The SMILES string of the molecule is CC[C@H](Cn1nc(-c2ccc(F)c(F)c2)ccc1=O)NC(=O)c1cnn2cccnc12. The maximum absolute atomic E-state index is 13.6. The third-order valence-corrected chi connectivity index (χ3v) is 4.83. The zero-order valence-electron chi connectivity index (χ0n) is 16.5. The molecule has 10 heteroatoms. The molecule has 0 fully saturated rings. The van der Waals surface area contributed by atoms with Crippen molar-refractivity contribution in [3.8, 4) is 11.3 Å². The van der Waals surface area contributed by atoms with Crippen molar-refractivity contribution in [1.82, 2.24) is 29.7 Å². The molecule has 0 unspecified atom stereocenters. The maximum Gasteiger partial charge on any atom is 0.266 e. The van der Waals surface area contributed by atoms with E-state index in [2.05, 4.69) is 20.5 Å². The number of rotatable bonds is 6. The molecular formula is C21H18F2N6O2. The summed E-state index contributed by atoms with van der Waals surface area (Å²) in [5, 5.41) is 11.2. The number of hydrogen-bond donors (Lipinski definition) is 1. The normalized spacial score (nSPS) is 12.1. The van der Waals surface area contributed by atoms with Crippen molar-refractivity contribution in [1.29, 1.82) is 0 Å². The van der Waals surface area contributed by atoms with Gasteiger partial charge in [-0.3, -0.25) is 9.59 Å². The van der Waals surface area contributed by atoms with Gasteiger partial charge in [-0.2, -0.15) is 10.2 Å². The van der Waals surface area contributed by atoms with E-state index in [-0.39, 0.29) is 18.0 Å². The van der Waals surface area contributed by atoms with Crippen LogP contribution in [0.1, 0.15) is 23.7 Å². The van der Waals surface area contributed by atoms with Crippen LogP contribution in [0.3, 0.4) is 0 Å². The number of fused-ring (bicyclic) bond motifs is 1. The van der Waals surface area contributed by atoms with Crippen LogP contribution in [-0.4, -0.2) is 36.3 Å². The van der Waals surface area contributed by atoms with E-state index in [0.717, 1.165) is 12.1 Å². The zero-order chi connectivity index (χ0) is 22.0. The highest BCUT2D eigenvalue weighted by Crippen LogP contribution is 2.18. The Morgan fingerprint density at radius 2 is 2.03 bits per heavy atom. The Hall–Kier alpha value is -3.95. The molecule has 158 valence electrons. The molecule has 0 aliphatic carbocycles. The first-order chi connectivity index (χ1) is 15.0. The van der Waals surface area contributed by atoms with E-state index in [1.807, 2.05) is 6.92 Å². The number of benzene rings is 1. The smallest absolute Gasteiger partial charge is 0.266 e. The molecule has 4 rings (SSSR count). The number of amides is 1. The molecule has 1 N–H and O–H groups in total. The van der Waals surface area contributed by atoms with Crippen LogP contribution in [0.5, 0.6) is 0 Å². The second-order valence-electron chi connectivity index (χ2n) is 6.89. The van der Waals surface area contributed by atoms with E-state index in [9.17, 15) is 18.4 Å². The Morgan fingerprint density at radius 3 is 2.81 bits per heavy atom. The van der Waals surface area contributed by atoms with Gasteiger partial charge in [0.15, 0.2) is 17.3 Å². The van der Waals surface area contributed by atoms with E-state index in [4.69, 9.17) is 0 Å². The van der Waals surface area contributed by atoms with Crippen molar-refractivity contribution in [2.24, 2.45) is 0 Å². The van der Waals surface area contributed by atoms with Gasteiger partial charge < -0.3 is 5.32 Å². The van der Waals surface area contributed by atoms with Crippen molar-refractivity contribution < 1.29 is 13.6 Å². The van der Waals surface area contributed by atoms with E-state index in [1.165, 1.54) is 33.6 Å². The molecular weight excluding hydrogens is 406 g/mol. The van der Waals surface area contributed by atoms with Crippen LogP contribution in [0.25, 0.3) is 16.9 Å². The summed E-state index contributed by atoms with van der Waals surface area (Å²) < 4.78 is 29.5. The van der Waals surface area contributed by atoms with Gasteiger partial charge in [-0.15, -0.1) is 0 Å². The Balaban J connectivity index is 1.56. The first kappa shape index (κ1) is 20.3. The summed E-state index contributed by atoms with van der Waals surface area (Å²) in [7, 11) is 0. The average Bonchev–Trinajstić information content (AvgIpc) is 3.21. The third-order valence-electron chi connectivity index (χ3n) is 4.83. The minimum atomic E-state index is -1.00. The fourth-order valence-corrected chi connectivity index (χ4v) is 3.13. The lowest BCUT2D eigenvalue weighted by atomic mass is 10.1. The number of carbonyl (C=O) groups is 1. The molecule has 31 heavy (non-hydrogen) atoms. The molecule has 3 aromatic heterocycles. The van der Waals surface area contributed by atoms with Gasteiger partial charge in [-0.05, 0) is 36.8 Å². The highest BCUT2D eigenvalue weighted by Gasteiger charge is 2.18. The molecule has 0 aliphatic heterocycles. The molecule has 4 aromatic rings. The Kier molecular flexibility index (Phi) is 5.52. The topological polar surface area (TPSA) is 94.2 Å². The lowest BCUT2D eigenvalue weighted by molar-refractivity contribution is 0.0932. The minimum absolute atomic E-state index is 0.102. The van der Waals surface area contributed by atoms with Gasteiger partial charge in [0.1, 0.15) is 5.56 Å². The molecule has 0 bridgehead atoms. The summed E-state index contributed by atoms with van der Waals surface area (Å²) in [6.45, 7) is 1.97. The van der Waals surface area contributed by atoms with Gasteiger partial charge in [-0.1, -0.05) is 6.92 Å². The molecule has 0 aliphatic rings. The Bertz CT molecular complexity index is 1320. The van der Waals surface area contributed by atoms with Gasteiger partial charge in [0.2, 0.25) is 0 Å². The van der Waals surface area contributed by atoms with Crippen molar-refractivity contribution in [3.63, 3.8) is 0 Å². The molecule has 1 atom stereocenters. The molecule has 8 nitrogen and oxygen atoms in total. The quantitative estimate of drug-likeness (QED) is 0.513. The lowest BCUT2D eigenvalue weighted by Crippen LogP contribution is -2.40. The standard InChI is InChI=1S/C21H18F2N6O2/c1-2-14(26-21(31)15-11-25-28-9-3-8-24-20(15)28)12-29-19(30)7-6-18(27-29)13-4-5-16(22)17(23)10-13/h3-11,14H,2,12H2,1H3,(H,26,31)/t14-/m1/s1. The zero-order valence-corrected chi connectivity index (χ0v) is 16.5. The molecule has 0 saturated heterocycles. The van der Waals surface area contributed by atoms with Crippen LogP contribution >= 0.6 is 0 Å². The summed E-state index contributed by atoms with van der Waals surface area (Å²) >= 11 is 0. The summed E-state index contributed by atoms with van der Waals surface area (Å²) in [5.74, 6) is -2.34. The Labute approximate surface area is 175 Å². The molecule has 3 heterocycles. The van der Waals surface area contributed by atoms with Crippen molar-refractivity contribution >= 4 is 11.6 Å². The number of halogens is 2. The predicted molar refractivity (Wildman–Crippen MR) is 108 cm³/mol. The lowest BCUT2D eigenvalue weighted by Gasteiger charge is -2.17. The largest absolute Gasteiger partial charge is 0.347 e. The second-order valence-corrected chi connectivity index (χ2v) is 6.89. The third kappa shape index (κ3) is 4.18. The maximum atomic E-state index is 13.6. The highest BCUT2D eigenvalue weighted by atomic mass is 19.2. The molecule has 0 spiro atoms. The van der Waals surface area contributed by atoms with Gasteiger partial charge in [0.05, 0.1) is 18.4 Å². The molecule has 1 aromatic carbocycles. The molecule has 0 saturated carbocycles. The Morgan fingerprint density at radius 1 is 1.19 bits per heavy atom. The van der Waals surface area contributed by atoms with E-state index >= 15 is 0 Å². The summed E-state index contributed by atoms with van der Waals surface area (Å²) in [6.07, 6.45) is 5.21. The predicted octanol–water partition coefficient (Wildman–Crippen LogP) is 2.44. The van der Waals surface area contributed by atoms with Crippen LogP contribution in [0, 0.1) is 11.6 Å². The van der Waals surface area contributed by atoms with E-state index in [1.54, 1.807) is 18.5 Å². The minimum Gasteiger partial charge on any atom is -0.347 e. The van der Waals surface area contributed by atoms with Crippen LogP contribution in [-0.2, 0) is 6.54 Å². The molecule has 0 radical (unpaired) electrons. The summed E-state index contributed by atoms with van der Waals surface area (Å²) in [5.41, 5.74) is 1.01. The number of nitrogens with zero attached hydrogens (tertiary/aromatic N) is 5. The monoisotopic (exact) mass is 424 g/mol. The number of nitrogens with one attached hydrogen (secondary N) is 1. The van der Waals surface area contributed by atoms with Crippen LogP contribution < -0.4 is 10.9 Å². The fourth-order valence-electron chi connectivity index (χ4n) is 3.13. The van der Waals surface area contributed by atoms with Gasteiger partial charge >= 0.3 is 0 Å². The van der Waals surface area contributed by atoms with Crippen LogP contribution in [0.2, 0.25) is 0 Å². The van der Waals surface area contributed by atoms with Crippen molar-refractivity contribution in [3.05, 3.63) is 82.5 Å². The fraction of sp³-hybridized carbons (Fsp3) is 0.190. The van der Waals surface area contributed by atoms with Gasteiger partial charge in [0, 0.05) is 30.1 Å². The number of carbonyl (C=O) groups excluding carboxylic acids is 1. The van der Waals surface area contributed by atoms with E-state index in [0.29, 0.717) is 28.9 Å². The van der Waals surface area contributed by atoms with Crippen molar-refractivity contribution in [2.45, 2.75) is 25.9 Å². The summed E-state index contributed by atoms with van der Waals surface area (Å²) in [6, 6.07) is 7.44. The van der Waals surface area contributed by atoms with Gasteiger partial charge in [-0.25, -0.2) is 23.0 Å². The second kappa shape index (κ2) is 8.42. The van der Waals surface area contributed by atoms with Crippen LogP contribution in [0.15, 0.2) is 59.8 Å². The van der Waals surface area contributed by atoms with Crippen LogP contribution in [0.4, 0.5) is 8.78 Å². The molecule has 1 amide bonds. The highest BCUT2D eigenvalue weighted by molar-refractivity contribution is 5.99. The van der Waals surface area contributed by atoms with E-state index < -0.39 is 17.7 Å².